The number of halogens is 1. The third-order valence-electron chi connectivity index (χ3n) is 3.07. The van der Waals surface area contributed by atoms with Crippen molar-refractivity contribution in [1.82, 2.24) is 5.32 Å². The molecule has 2 atom stereocenters. The fourth-order valence-corrected chi connectivity index (χ4v) is 2.24. The summed E-state index contributed by atoms with van der Waals surface area (Å²) in [6.07, 6.45) is 0.341. The van der Waals surface area contributed by atoms with Gasteiger partial charge in [-0.15, -0.1) is 0 Å². The Balaban J connectivity index is 2.26. The molecule has 0 aromatic heterocycles. The average Bonchev–Trinajstić information content (AvgIpc) is 2.34. The van der Waals surface area contributed by atoms with E-state index >= 15 is 0 Å². The average molecular weight is 252 g/mol. The van der Waals surface area contributed by atoms with Crippen molar-refractivity contribution < 1.29 is 14.3 Å². The Hall–Kier alpha value is -1.46. The maximum Gasteiger partial charge on any atom is 0.244 e. The number of nitrogens with zero attached hydrogens (tertiary/aromatic N) is 1. The van der Waals surface area contributed by atoms with Crippen LogP contribution >= 0.6 is 0 Å². The zero-order chi connectivity index (χ0) is 13.1. The van der Waals surface area contributed by atoms with Gasteiger partial charge in [-0.3, -0.25) is 4.79 Å². The second-order valence-corrected chi connectivity index (χ2v) is 4.53. The molecule has 1 aliphatic rings. The van der Waals surface area contributed by atoms with E-state index in [1.807, 2.05) is 6.92 Å². The van der Waals surface area contributed by atoms with E-state index in [0.717, 1.165) is 0 Å². The molecule has 1 amide bonds. The highest BCUT2D eigenvalue weighted by Crippen LogP contribution is 2.22. The Labute approximate surface area is 105 Å². The Bertz CT molecular complexity index is 439. The summed E-state index contributed by atoms with van der Waals surface area (Å²) in [5.74, 6) is -0.588. The molecule has 0 spiro atoms. The molecule has 1 fully saturated rings. The first kappa shape index (κ1) is 13.0. The zero-order valence-corrected chi connectivity index (χ0v) is 10.3. The number of aliphatic hydroxyl groups is 1. The number of hydrogen-bond donors (Lipinski definition) is 2. The molecule has 1 aromatic rings. The second-order valence-electron chi connectivity index (χ2n) is 4.53. The molecule has 2 unspecified atom stereocenters. The van der Waals surface area contributed by atoms with Gasteiger partial charge in [-0.1, -0.05) is 12.1 Å². The topological polar surface area (TPSA) is 52.6 Å². The summed E-state index contributed by atoms with van der Waals surface area (Å²) in [5, 5.41) is 12.1. The van der Waals surface area contributed by atoms with E-state index in [1.54, 1.807) is 18.2 Å². The van der Waals surface area contributed by atoms with E-state index in [9.17, 15) is 9.18 Å². The molecule has 0 aliphatic carbocycles. The molecule has 1 heterocycles. The SMILES string of the molecule is CC1CN(c2ccccc2F)C(=O)C(CCO)N1. The predicted molar refractivity (Wildman–Crippen MR) is 66.8 cm³/mol. The van der Waals surface area contributed by atoms with E-state index in [-0.39, 0.29) is 18.6 Å². The van der Waals surface area contributed by atoms with Gasteiger partial charge in [0.15, 0.2) is 0 Å². The van der Waals surface area contributed by atoms with Gasteiger partial charge < -0.3 is 15.3 Å². The maximum absolute atomic E-state index is 13.7. The lowest BCUT2D eigenvalue weighted by molar-refractivity contribution is -0.122. The van der Waals surface area contributed by atoms with Crippen LogP contribution in [-0.2, 0) is 4.79 Å². The Morgan fingerprint density at radius 2 is 2.22 bits per heavy atom. The lowest BCUT2D eigenvalue weighted by Crippen LogP contribution is -2.59. The van der Waals surface area contributed by atoms with E-state index in [2.05, 4.69) is 5.32 Å². The van der Waals surface area contributed by atoms with Crippen molar-refractivity contribution in [2.45, 2.75) is 25.4 Å². The Kier molecular flexibility index (Phi) is 3.93. The number of hydrogen-bond acceptors (Lipinski definition) is 3. The van der Waals surface area contributed by atoms with Gasteiger partial charge in [0, 0.05) is 19.2 Å². The van der Waals surface area contributed by atoms with Crippen LogP contribution in [0.3, 0.4) is 0 Å². The molecule has 5 heteroatoms. The second kappa shape index (κ2) is 5.46. The van der Waals surface area contributed by atoms with Gasteiger partial charge in [0.1, 0.15) is 5.82 Å². The quantitative estimate of drug-likeness (QED) is 0.840. The number of amides is 1. The summed E-state index contributed by atoms with van der Waals surface area (Å²) in [7, 11) is 0. The molecule has 1 aliphatic heterocycles. The van der Waals surface area contributed by atoms with Crippen LogP contribution in [0.25, 0.3) is 0 Å². The number of anilines is 1. The number of benzene rings is 1. The first-order valence-electron chi connectivity index (χ1n) is 6.06. The predicted octanol–water partition coefficient (Wildman–Crippen LogP) is 0.901. The number of carbonyl (C=O) groups is 1. The van der Waals surface area contributed by atoms with Crippen LogP contribution in [0.15, 0.2) is 24.3 Å². The van der Waals surface area contributed by atoms with E-state index in [0.29, 0.717) is 18.7 Å². The monoisotopic (exact) mass is 252 g/mol. The van der Waals surface area contributed by atoms with Crippen molar-refractivity contribution in [3.63, 3.8) is 0 Å². The fraction of sp³-hybridized carbons (Fsp3) is 0.462. The minimum Gasteiger partial charge on any atom is -0.396 e. The molecule has 0 bridgehead atoms. The summed E-state index contributed by atoms with van der Waals surface area (Å²) in [4.78, 5) is 13.7. The molecule has 2 N–H and O–H groups in total. The number of para-hydroxylation sites is 1. The summed E-state index contributed by atoms with van der Waals surface area (Å²) in [5.41, 5.74) is 0.304. The minimum atomic E-state index is -0.446. The molecule has 18 heavy (non-hydrogen) atoms. The van der Waals surface area contributed by atoms with Crippen molar-refractivity contribution in [2.75, 3.05) is 18.1 Å². The maximum atomic E-state index is 13.7. The highest BCUT2D eigenvalue weighted by molar-refractivity contribution is 5.98. The normalized spacial score (nSPS) is 24.4. The molecular formula is C13H17FN2O2. The van der Waals surface area contributed by atoms with Gasteiger partial charge in [0.05, 0.1) is 11.7 Å². The van der Waals surface area contributed by atoms with Crippen LogP contribution in [0.2, 0.25) is 0 Å². The highest BCUT2D eigenvalue weighted by Gasteiger charge is 2.33. The minimum absolute atomic E-state index is 0.0682. The van der Waals surface area contributed by atoms with Crippen LogP contribution in [0.1, 0.15) is 13.3 Å². The molecule has 1 saturated heterocycles. The van der Waals surface area contributed by atoms with Crippen molar-refractivity contribution >= 4 is 11.6 Å². The van der Waals surface area contributed by atoms with Crippen LogP contribution in [0.5, 0.6) is 0 Å². The van der Waals surface area contributed by atoms with Gasteiger partial charge >= 0.3 is 0 Å². The van der Waals surface area contributed by atoms with Crippen molar-refractivity contribution in [3.8, 4) is 0 Å². The molecule has 0 saturated carbocycles. The summed E-state index contributed by atoms with van der Waals surface area (Å²) in [6, 6.07) is 5.87. The lowest BCUT2D eigenvalue weighted by atomic mass is 10.1. The van der Waals surface area contributed by atoms with Gasteiger partial charge in [-0.05, 0) is 25.5 Å². The third kappa shape index (κ3) is 2.52. The molecular weight excluding hydrogens is 235 g/mol. The number of carbonyl (C=O) groups excluding carboxylic acids is 1. The summed E-state index contributed by atoms with van der Waals surface area (Å²) in [6.45, 7) is 2.30. The largest absolute Gasteiger partial charge is 0.396 e. The van der Waals surface area contributed by atoms with Gasteiger partial charge in [-0.25, -0.2) is 4.39 Å². The Morgan fingerprint density at radius 1 is 1.50 bits per heavy atom. The third-order valence-corrected chi connectivity index (χ3v) is 3.07. The first-order valence-corrected chi connectivity index (χ1v) is 6.06. The van der Waals surface area contributed by atoms with Crippen LogP contribution in [-0.4, -0.2) is 36.2 Å². The molecule has 0 radical (unpaired) electrons. The smallest absolute Gasteiger partial charge is 0.244 e. The number of piperazine rings is 1. The molecule has 4 nitrogen and oxygen atoms in total. The number of nitrogens with one attached hydrogen (secondary N) is 1. The van der Waals surface area contributed by atoms with Crippen molar-refractivity contribution in [3.05, 3.63) is 30.1 Å². The molecule has 1 aromatic carbocycles. The fourth-order valence-electron chi connectivity index (χ4n) is 2.24. The number of rotatable bonds is 3. The Morgan fingerprint density at radius 3 is 2.89 bits per heavy atom. The summed E-state index contributed by atoms with van der Waals surface area (Å²) < 4.78 is 13.7. The van der Waals surface area contributed by atoms with Gasteiger partial charge in [0.2, 0.25) is 5.91 Å². The molecule has 2 rings (SSSR count). The van der Waals surface area contributed by atoms with Gasteiger partial charge in [-0.2, -0.15) is 0 Å². The van der Waals surface area contributed by atoms with Gasteiger partial charge in [0.25, 0.3) is 0 Å². The van der Waals surface area contributed by atoms with Crippen LogP contribution in [0.4, 0.5) is 10.1 Å². The zero-order valence-electron chi connectivity index (χ0n) is 10.3. The standard InChI is InChI=1S/C13H17FN2O2/c1-9-8-16(12-5-3-2-4-10(12)14)13(18)11(15-9)6-7-17/h2-5,9,11,15,17H,6-8H2,1H3. The van der Waals surface area contributed by atoms with Crippen LogP contribution < -0.4 is 10.2 Å². The number of aliphatic hydroxyl groups excluding tert-OH is 1. The van der Waals surface area contributed by atoms with E-state index in [1.165, 1.54) is 11.0 Å². The first-order chi connectivity index (χ1) is 8.63. The lowest BCUT2D eigenvalue weighted by Gasteiger charge is -2.37. The van der Waals surface area contributed by atoms with E-state index in [4.69, 9.17) is 5.11 Å². The van der Waals surface area contributed by atoms with E-state index < -0.39 is 11.9 Å². The van der Waals surface area contributed by atoms with Crippen molar-refractivity contribution in [1.29, 1.82) is 0 Å². The molecule has 98 valence electrons. The highest BCUT2D eigenvalue weighted by atomic mass is 19.1. The van der Waals surface area contributed by atoms with Crippen molar-refractivity contribution in [2.24, 2.45) is 0 Å². The summed E-state index contributed by atoms with van der Waals surface area (Å²) >= 11 is 0. The van der Waals surface area contributed by atoms with Crippen LogP contribution in [0, 0.1) is 5.82 Å².